The second-order valence-electron chi connectivity index (χ2n) is 6.33. The lowest BCUT2D eigenvalue weighted by molar-refractivity contribution is 0.0977. The maximum absolute atomic E-state index is 12.3. The highest BCUT2D eigenvalue weighted by Crippen LogP contribution is 2.18. The summed E-state index contributed by atoms with van der Waals surface area (Å²) in [5, 5.41) is 5.90. The van der Waals surface area contributed by atoms with Crippen molar-refractivity contribution in [3.8, 4) is 11.5 Å². The Morgan fingerprint density at radius 2 is 1.85 bits per heavy atom. The quantitative estimate of drug-likeness (QED) is 0.505. The zero-order valence-electron chi connectivity index (χ0n) is 16.0. The van der Waals surface area contributed by atoms with Crippen LogP contribution in [-0.4, -0.2) is 23.7 Å². The lowest BCUT2D eigenvalue weighted by Gasteiger charge is -2.13. The summed E-state index contributed by atoms with van der Waals surface area (Å²) in [4.78, 5) is 12.3. The average molecular weight is 387 g/mol. The van der Waals surface area contributed by atoms with Crippen LogP contribution in [0.25, 0.3) is 0 Å². The number of carbonyl (C=O) groups is 1. The van der Waals surface area contributed by atoms with Crippen molar-refractivity contribution in [2.75, 3.05) is 11.9 Å². The topological polar surface area (TPSA) is 59.6 Å². The van der Waals surface area contributed by atoms with E-state index in [1.807, 2.05) is 38.1 Å². The first kappa shape index (κ1) is 20.7. The number of carbonyl (C=O) groups excluding carboxylic acids is 1. The van der Waals surface area contributed by atoms with Gasteiger partial charge in [0.25, 0.3) is 5.91 Å². The third kappa shape index (κ3) is 7.27. The highest BCUT2D eigenvalue weighted by Gasteiger charge is 2.09. The molecule has 0 fully saturated rings. The number of unbranched alkanes of at least 4 members (excludes halogenated alkanes) is 1. The van der Waals surface area contributed by atoms with Gasteiger partial charge in [0.05, 0.1) is 12.7 Å². The lowest BCUT2D eigenvalue weighted by atomic mass is 10.2. The Kier molecular flexibility index (Phi) is 8.07. The molecule has 0 radical (unpaired) electrons. The number of rotatable bonds is 8. The monoisotopic (exact) mass is 386 g/mol. The molecule has 0 heterocycles. The third-order valence-electron chi connectivity index (χ3n) is 3.57. The van der Waals surface area contributed by atoms with E-state index in [-0.39, 0.29) is 17.1 Å². The van der Waals surface area contributed by atoms with Gasteiger partial charge in [-0.1, -0.05) is 19.4 Å². The van der Waals surface area contributed by atoms with E-state index in [9.17, 15) is 4.79 Å². The molecule has 2 rings (SSSR count). The van der Waals surface area contributed by atoms with Crippen molar-refractivity contribution in [2.45, 2.75) is 39.7 Å². The van der Waals surface area contributed by atoms with E-state index in [1.54, 1.807) is 24.3 Å². The highest BCUT2D eigenvalue weighted by molar-refractivity contribution is 7.80. The van der Waals surface area contributed by atoms with Gasteiger partial charge in [0.15, 0.2) is 5.11 Å². The number of thiocarbonyl (C=S) groups is 1. The van der Waals surface area contributed by atoms with Gasteiger partial charge in [-0.2, -0.15) is 0 Å². The molecule has 1 amide bonds. The van der Waals surface area contributed by atoms with Gasteiger partial charge < -0.3 is 14.8 Å². The SMILES string of the molecule is CCCCOc1ccc(C(=O)NC(=S)Nc2cccc(OC(C)C)c2)cc1. The average Bonchev–Trinajstić information content (AvgIpc) is 2.62. The number of anilines is 1. The summed E-state index contributed by atoms with van der Waals surface area (Å²) in [6.45, 7) is 6.72. The summed E-state index contributed by atoms with van der Waals surface area (Å²) in [5.74, 6) is 1.22. The molecule has 0 unspecified atom stereocenters. The van der Waals surface area contributed by atoms with Crippen molar-refractivity contribution in [3.05, 3.63) is 54.1 Å². The minimum Gasteiger partial charge on any atom is -0.494 e. The van der Waals surface area contributed by atoms with Crippen molar-refractivity contribution >= 4 is 28.9 Å². The molecule has 6 heteroatoms. The predicted octanol–water partition coefficient (Wildman–Crippen LogP) is 4.78. The number of hydrogen-bond acceptors (Lipinski definition) is 4. The molecule has 0 aliphatic carbocycles. The van der Waals surface area contributed by atoms with Gasteiger partial charge in [-0.05, 0) is 68.9 Å². The molecular formula is C21H26N2O3S. The van der Waals surface area contributed by atoms with Crippen LogP contribution in [0.15, 0.2) is 48.5 Å². The van der Waals surface area contributed by atoms with Crippen LogP contribution >= 0.6 is 12.2 Å². The van der Waals surface area contributed by atoms with E-state index < -0.39 is 0 Å². The van der Waals surface area contributed by atoms with Crippen LogP contribution in [0.2, 0.25) is 0 Å². The van der Waals surface area contributed by atoms with Crippen molar-refractivity contribution < 1.29 is 14.3 Å². The van der Waals surface area contributed by atoms with Crippen LogP contribution in [-0.2, 0) is 0 Å². The molecule has 27 heavy (non-hydrogen) atoms. The molecule has 0 bridgehead atoms. The Bertz CT molecular complexity index is 760. The molecule has 0 saturated heterocycles. The van der Waals surface area contributed by atoms with Crippen LogP contribution in [0.3, 0.4) is 0 Å². The summed E-state index contributed by atoms with van der Waals surface area (Å²) in [5.41, 5.74) is 1.26. The smallest absolute Gasteiger partial charge is 0.257 e. The van der Waals surface area contributed by atoms with Crippen LogP contribution in [0.5, 0.6) is 11.5 Å². The van der Waals surface area contributed by atoms with Crippen molar-refractivity contribution in [3.63, 3.8) is 0 Å². The first-order valence-electron chi connectivity index (χ1n) is 9.10. The molecule has 0 spiro atoms. The zero-order chi connectivity index (χ0) is 19.6. The molecule has 2 aromatic carbocycles. The zero-order valence-corrected chi connectivity index (χ0v) is 16.8. The number of hydrogen-bond donors (Lipinski definition) is 2. The van der Waals surface area contributed by atoms with E-state index in [1.165, 1.54) is 0 Å². The Hall–Kier alpha value is -2.60. The Labute approximate surface area is 166 Å². The number of amides is 1. The lowest BCUT2D eigenvalue weighted by Crippen LogP contribution is -2.34. The van der Waals surface area contributed by atoms with Gasteiger partial charge in [0, 0.05) is 17.3 Å². The predicted molar refractivity (Wildman–Crippen MR) is 113 cm³/mol. The summed E-state index contributed by atoms with van der Waals surface area (Å²) in [6, 6.07) is 14.4. The summed E-state index contributed by atoms with van der Waals surface area (Å²) < 4.78 is 11.2. The summed E-state index contributed by atoms with van der Waals surface area (Å²) >= 11 is 5.23. The third-order valence-corrected chi connectivity index (χ3v) is 3.78. The van der Waals surface area contributed by atoms with Crippen LogP contribution in [0.1, 0.15) is 44.0 Å². The van der Waals surface area contributed by atoms with Gasteiger partial charge in [-0.25, -0.2) is 0 Å². The second-order valence-corrected chi connectivity index (χ2v) is 6.74. The molecule has 0 saturated carbocycles. The van der Waals surface area contributed by atoms with Gasteiger partial charge >= 0.3 is 0 Å². The fourth-order valence-corrected chi connectivity index (χ4v) is 2.50. The van der Waals surface area contributed by atoms with Gasteiger partial charge in [0.1, 0.15) is 11.5 Å². The number of ether oxygens (including phenoxy) is 2. The number of benzene rings is 2. The fourth-order valence-electron chi connectivity index (χ4n) is 2.29. The number of nitrogens with one attached hydrogen (secondary N) is 2. The first-order chi connectivity index (χ1) is 13.0. The van der Waals surface area contributed by atoms with Crippen molar-refractivity contribution in [1.82, 2.24) is 5.32 Å². The van der Waals surface area contributed by atoms with Crippen LogP contribution in [0.4, 0.5) is 5.69 Å². The van der Waals surface area contributed by atoms with Crippen molar-refractivity contribution in [2.24, 2.45) is 0 Å². The van der Waals surface area contributed by atoms with E-state index >= 15 is 0 Å². The van der Waals surface area contributed by atoms with Gasteiger partial charge in [-0.3, -0.25) is 10.1 Å². The molecule has 5 nitrogen and oxygen atoms in total. The summed E-state index contributed by atoms with van der Waals surface area (Å²) in [6.07, 6.45) is 2.17. The van der Waals surface area contributed by atoms with Gasteiger partial charge in [0.2, 0.25) is 0 Å². The highest BCUT2D eigenvalue weighted by atomic mass is 32.1. The van der Waals surface area contributed by atoms with Crippen LogP contribution in [0, 0.1) is 0 Å². The Morgan fingerprint density at radius 1 is 1.11 bits per heavy atom. The van der Waals surface area contributed by atoms with Crippen LogP contribution < -0.4 is 20.1 Å². The molecule has 0 atom stereocenters. The largest absolute Gasteiger partial charge is 0.494 e. The minimum atomic E-state index is -0.276. The van der Waals surface area contributed by atoms with E-state index in [0.717, 1.165) is 30.0 Å². The maximum atomic E-state index is 12.3. The maximum Gasteiger partial charge on any atom is 0.257 e. The molecule has 2 aromatic rings. The minimum absolute atomic E-state index is 0.0841. The normalized spacial score (nSPS) is 10.4. The fraction of sp³-hybridized carbons (Fsp3) is 0.333. The van der Waals surface area contributed by atoms with E-state index in [0.29, 0.717) is 12.2 Å². The second kappa shape index (κ2) is 10.5. The standard InChI is InChI=1S/C21H26N2O3S/c1-4-5-13-25-18-11-9-16(10-12-18)20(24)23-21(27)22-17-7-6-8-19(14-17)26-15(2)3/h6-12,14-15H,4-5,13H2,1-3H3,(H2,22,23,24,27). The van der Waals surface area contributed by atoms with Gasteiger partial charge in [-0.15, -0.1) is 0 Å². The molecular weight excluding hydrogens is 360 g/mol. The molecule has 0 aromatic heterocycles. The molecule has 2 N–H and O–H groups in total. The van der Waals surface area contributed by atoms with Crippen molar-refractivity contribution in [1.29, 1.82) is 0 Å². The first-order valence-corrected chi connectivity index (χ1v) is 9.50. The Morgan fingerprint density at radius 3 is 2.52 bits per heavy atom. The summed E-state index contributed by atoms with van der Waals surface area (Å²) in [7, 11) is 0. The van der Waals surface area contributed by atoms with E-state index in [4.69, 9.17) is 21.7 Å². The molecule has 144 valence electrons. The molecule has 0 aliphatic rings. The van der Waals surface area contributed by atoms with E-state index in [2.05, 4.69) is 17.6 Å². The Balaban J connectivity index is 1.89. The molecule has 0 aliphatic heterocycles.